The molecule has 0 bridgehead atoms. The number of nitrogens with zero attached hydrogens (tertiary/aromatic N) is 3. The molecule has 1 aromatic heterocycles. The van der Waals surface area contributed by atoms with Crippen LogP contribution in [0.4, 0.5) is 8.78 Å². The molecule has 2 N–H and O–H groups in total. The Balaban J connectivity index is 1.90. The minimum absolute atomic E-state index is 0.0420. The molecule has 1 saturated carbocycles. The van der Waals surface area contributed by atoms with Gasteiger partial charge in [0.2, 0.25) is 0 Å². The average molecular weight is 290 g/mol. The van der Waals surface area contributed by atoms with Crippen molar-refractivity contribution < 1.29 is 8.78 Å². The van der Waals surface area contributed by atoms with Crippen molar-refractivity contribution in [2.45, 2.75) is 50.9 Å². The number of hydrogen-bond acceptors (Lipinski definition) is 4. The van der Waals surface area contributed by atoms with E-state index >= 15 is 0 Å². The van der Waals surface area contributed by atoms with Gasteiger partial charge in [0.05, 0.1) is 6.54 Å². The normalized spacial score (nSPS) is 21.1. The number of aromatic nitrogens is 3. The molecule has 7 heteroatoms. The minimum atomic E-state index is -2.42. The van der Waals surface area contributed by atoms with Crippen LogP contribution >= 0.6 is 11.8 Å². The third-order valence-electron chi connectivity index (χ3n) is 3.18. The summed E-state index contributed by atoms with van der Waals surface area (Å²) >= 11 is 1.49. The fraction of sp³-hybridized carbons (Fsp3) is 0.833. The van der Waals surface area contributed by atoms with E-state index < -0.39 is 11.8 Å². The first-order valence-electron chi connectivity index (χ1n) is 6.56. The molecular formula is C12H20F2N4S. The van der Waals surface area contributed by atoms with Crippen molar-refractivity contribution in [2.75, 3.05) is 5.75 Å². The maximum Gasteiger partial charge on any atom is 0.251 e. The van der Waals surface area contributed by atoms with Crippen molar-refractivity contribution in [2.24, 2.45) is 17.6 Å². The summed E-state index contributed by atoms with van der Waals surface area (Å²) in [6.07, 6.45) is 0.574. The molecule has 1 unspecified atom stereocenters. The van der Waals surface area contributed by atoms with E-state index in [1.54, 1.807) is 0 Å². The van der Waals surface area contributed by atoms with Crippen LogP contribution < -0.4 is 5.73 Å². The van der Waals surface area contributed by atoms with E-state index in [9.17, 15) is 8.78 Å². The largest absolute Gasteiger partial charge is 0.324 e. The number of hydrogen-bond donors (Lipinski definition) is 1. The molecule has 4 nitrogen and oxygen atoms in total. The van der Waals surface area contributed by atoms with Crippen molar-refractivity contribution in [3.8, 4) is 0 Å². The summed E-state index contributed by atoms with van der Waals surface area (Å²) in [5.41, 5.74) is 5.63. The molecule has 0 saturated heterocycles. The maximum absolute atomic E-state index is 12.8. The Morgan fingerprint density at radius 2 is 2.16 bits per heavy atom. The first-order chi connectivity index (χ1) is 8.94. The van der Waals surface area contributed by atoms with Gasteiger partial charge < -0.3 is 10.3 Å². The Labute approximate surface area is 116 Å². The van der Waals surface area contributed by atoms with Gasteiger partial charge in [-0.25, -0.2) is 8.78 Å². The van der Waals surface area contributed by atoms with Crippen LogP contribution in [0.1, 0.15) is 32.5 Å². The molecule has 1 fully saturated rings. The third kappa shape index (κ3) is 3.66. The highest BCUT2D eigenvalue weighted by Crippen LogP contribution is 2.51. The molecule has 1 aliphatic rings. The highest BCUT2D eigenvalue weighted by Gasteiger charge is 2.55. The summed E-state index contributed by atoms with van der Waals surface area (Å²) in [5.74, 6) is -0.979. The lowest BCUT2D eigenvalue weighted by Crippen LogP contribution is -2.13. The number of rotatable bonds is 7. The summed E-state index contributed by atoms with van der Waals surface area (Å²) in [6, 6.07) is 0. The highest BCUT2D eigenvalue weighted by molar-refractivity contribution is 7.99. The smallest absolute Gasteiger partial charge is 0.251 e. The Kier molecular flexibility index (Phi) is 4.45. The molecule has 0 aromatic carbocycles. The molecule has 1 aliphatic carbocycles. The van der Waals surface area contributed by atoms with Gasteiger partial charge in [-0.1, -0.05) is 25.6 Å². The van der Waals surface area contributed by atoms with Gasteiger partial charge >= 0.3 is 0 Å². The lowest BCUT2D eigenvalue weighted by atomic mass is 10.2. The molecule has 0 radical (unpaired) electrons. The van der Waals surface area contributed by atoms with Gasteiger partial charge in [0.15, 0.2) is 5.16 Å². The molecule has 0 spiro atoms. The lowest BCUT2D eigenvalue weighted by molar-refractivity contribution is 0.0983. The summed E-state index contributed by atoms with van der Waals surface area (Å²) < 4.78 is 27.5. The van der Waals surface area contributed by atoms with Gasteiger partial charge in [-0.15, -0.1) is 10.2 Å². The summed E-state index contributed by atoms with van der Waals surface area (Å²) in [6.45, 7) is 5.38. The molecule has 2 rings (SSSR count). The van der Waals surface area contributed by atoms with E-state index in [-0.39, 0.29) is 6.42 Å². The third-order valence-corrected chi connectivity index (χ3v) is 4.18. The number of thioether (sulfide) groups is 1. The monoisotopic (exact) mass is 290 g/mol. The van der Waals surface area contributed by atoms with Crippen LogP contribution in [0.2, 0.25) is 0 Å². The first kappa shape index (κ1) is 14.7. The van der Waals surface area contributed by atoms with E-state index in [0.29, 0.717) is 24.6 Å². The zero-order valence-corrected chi connectivity index (χ0v) is 12.1. The SMILES string of the molecule is CC(C)Cn1c(CN)nnc1SCCC1CC1(F)F. The van der Waals surface area contributed by atoms with E-state index in [0.717, 1.165) is 17.5 Å². The quantitative estimate of drug-likeness (QED) is 0.784. The van der Waals surface area contributed by atoms with Crippen molar-refractivity contribution in [3.05, 3.63) is 5.82 Å². The zero-order chi connectivity index (χ0) is 14.0. The van der Waals surface area contributed by atoms with Gasteiger partial charge in [0.25, 0.3) is 5.92 Å². The molecule has 1 atom stereocenters. The fourth-order valence-corrected chi connectivity index (χ4v) is 3.02. The van der Waals surface area contributed by atoms with Gasteiger partial charge in [-0.05, 0) is 12.3 Å². The lowest BCUT2D eigenvalue weighted by Gasteiger charge is -2.11. The van der Waals surface area contributed by atoms with Crippen molar-refractivity contribution >= 4 is 11.8 Å². The van der Waals surface area contributed by atoms with Crippen LogP contribution in [0.15, 0.2) is 5.16 Å². The topological polar surface area (TPSA) is 56.7 Å². The fourth-order valence-electron chi connectivity index (χ4n) is 2.00. The van der Waals surface area contributed by atoms with Gasteiger partial charge in [0, 0.05) is 24.6 Å². The Hall–Kier alpha value is -0.690. The van der Waals surface area contributed by atoms with Crippen molar-refractivity contribution in [1.29, 1.82) is 0 Å². The van der Waals surface area contributed by atoms with Crippen LogP contribution in [0, 0.1) is 11.8 Å². The number of halogens is 2. The van der Waals surface area contributed by atoms with Crippen LogP contribution in [0.25, 0.3) is 0 Å². The molecule has 108 valence electrons. The van der Waals surface area contributed by atoms with E-state index in [1.165, 1.54) is 11.8 Å². The highest BCUT2D eigenvalue weighted by atomic mass is 32.2. The molecular weight excluding hydrogens is 270 g/mol. The summed E-state index contributed by atoms with van der Waals surface area (Å²) in [7, 11) is 0. The predicted octanol–water partition coefficient (Wildman–Crippen LogP) is 2.53. The standard InChI is InChI=1S/C12H20F2N4S/c1-8(2)7-18-10(6-15)16-17-11(18)19-4-3-9-5-12(9,13)14/h8-9H,3-7,15H2,1-2H3. The van der Waals surface area contributed by atoms with Crippen LogP contribution in [-0.2, 0) is 13.1 Å². The van der Waals surface area contributed by atoms with Gasteiger partial charge in [-0.2, -0.15) is 0 Å². The molecule has 1 heterocycles. The first-order valence-corrected chi connectivity index (χ1v) is 7.55. The zero-order valence-electron chi connectivity index (χ0n) is 11.3. The van der Waals surface area contributed by atoms with Crippen LogP contribution in [0.3, 0.4) is 0 Å². The predicted molar refractivity (Wildman–Crippen MR) is 71.1 cm³/mol. The molecule has 19 heavy (non-hydrogen) atoms. The van der Waals surface area contributed by atoms with E-state index in [1.807, 2.05) is 4.57 Å². The number of nitrogens with two attached hydrogens (primary N) is 1. The summed E-state index contributed by atoms with van der Waals surface area (Å²) in [5, 5.41) is 8.94. The second-order valence-corrected chi connectivity index (χ2v) is 6.47. The van der Waals surface area contributed by atoms with Crippen molar-refractivity contribution in [3.63, 3.8) is 0 Å². The van der Waals surface area contributed by atoms with E-state index in [2.05, 4.69) is 24.0 Å². The maximum atomic E-state index is 12.8. The Morgan fingerprint density at radius 1 is 1.47 bits per heavy atom. The molecule has 1 aromatic rings. The minimum Gasteiger partial charge on any atom is -0.324 e. The van der Waals surface area contributed by atoms with Crippen LogP contribution in [0.5, 0.6) is 0 Å². The molecule has 0 aliphatic heterocycles. The van der Waals surface area contributed by atoms with Crippen LogP contribution in [-0.4, -0.2) is 26.4 Å². The second-order valence-electron chi connectivity index (χ2n) is 5.41. The van der Waals surface area contributed by atoms with E-state index in [4.69, 9.17) is 5.73 Å². The Bertz CT molecular complexity index is 433. The number of alkyl halides is 2. The Morgan fingerprint density at radius 3 is 2.68 bits per heavy atom. The second kappa shape index (κ2) is 5.75. The van der Waals surface area contributed by atoms with Crippen molar-refractivity contribution in [1.82, 2.24) is 14.8 Å². The average Bonchev–Trinajstić information content (AvgIpc) is 2.76. The molecule has 0 amide bonds. The van der Waals surface area contributed by atoms with Gasteiger partial charge in [-0.3, -0.25) is 0 Å². The summed E-state index contributed by atoms with van der Waals surface area (Å²) in [4.78, 5) is 0. The van der Waals surface area contributed by atoms with Gasteiger partial charge in [0.1, 0.15) is 5.82 Å².